The maximum Gasteiger partial charge on any atom is 0.242 e. The minimum atomic E-state index is -0.709. The SMILES string of the molecule is CN(CCc1ccccn1)C(=O)C1(C#N)CC1. The summed E-state index contributed by atoms with van der Waals surface area (Å²) in [7, 11) is 1.75. The Morgan fingerprint density at radius 3 is 2.88 bits per heavy atom. The van der Waals surface area contributed by atoms with Crippen molar-refractivity contribution in [2.75, 3.05) is 13.6 Å². The van der Waals surface area contributed by atoms with Crippen LogP contribution in [0.25, 0.3) is 0 Å². The molecule has 1 amide bonds. The normalized spacial score (nSPS) is 16.0. The molecule has 17 heavy (non-hydrogen) atoms. The molecule has 0 bridgehead atoms. The maximum atomic E-state index is 12.0. The Kier molecular flexibility index (Phi) is 3.10. The topological polar surface area (TPSA) is 57.0 Å². The highest BCUT2D eigenvalue weighted by atomic mass is 16.2. The average Bonchev–Trinajstić information content (AvgIpc) is 3.17. The number of hydrogen-bond acceptors (Lipinski definition) is 3. The molecule has 1 aromatic rings. The van der Waals surface area contributed by atoms with E-state index in [2.05, 4.69) is 11.1 Å². The van der Waals surface area contributed by atoms with Crippen LogP contribution in [0.4, 0.5) is 0 Å². The van der Waals surface area contributed by atoms with Crippen LogP contribution >= 0.6 is 0 Å². The number of carbonyl (C=O) groups excluding carboxylic acids is 1. The molecular formula is C13H15N3O. The Morgan fingerprint density at radius 2 is 2.35 bits per heavy atom. The van der Waals surface area contributed by atoms with Crippen molar-refractivity contribution < 1.29 is 4.79 Å². The second kappa shape index (κ2) is 4.54. The second-order valence-electron chi connectivity index (χ2n) is 4.49. The third kappa shape index (κ3) is 2.44. The summed E-state index contributed by atoms with van der Waals surface area (Å²) in [6.45, 7) is 0.610. The number of likely N-dealkylation sites (N-methyl/N-ethyl adjacent to an activating group) is 1. The van der Waals surface area contributed by atoms with E-state index in [1.54, 1.807) is 18.1 Å². The van der Waals surface area contributed by atoms with Gasteiger partial charge in [-0.25, -0.2) is 0 Å². The van der Waals surface area contributed by atoms with Gasteiger partial charge in [0.2, 0.25) is 5.91 Å². The first-order valence-corrected chi connectivity index (χ1v) is 5.75. The number of pyridine rings is 1. The van der Waals surface area contributed by atoms with Crippen LogP contribution in [0.15, 0.2) is 24.4 Å². The second-order valence-corrected chi connectivity index (χ2v) is 4.49. The summed E-state index contributed by atoms with van der Waals surface area (Å²) in [6, 6.07) is 7.87. The molecule has 4 nitrogen and oxygen atoms in total. The van der Waals surface area contributed by atoms with E-state index in [0.717, 1.165) is 12.1 Å². The molecule has 0 spiro atoms. The van der Waals surface area contributed by atoms with Gasteiger partial charge >= 0.3 is 0 Å². The van der Waals surface area contributed by atoms with Gasteiger partial charge in [-0.15, -0.1) is 0 Å². The third-order valence-corrected chi connectivity index (χ3v) is 3.15. The Balaban J connectivity index is 1.88. The first-order chi connectivity index (χ1) is 8.18. The summed E-state index contributed by atoms with van der Waals surface area (Å²) >= 11 is 0. The van der Waals surface area contributed by atoms with Crippen LogP contribution in [0.1, 0.15) is 18.5 Å². The standard InChI is InChI=1S/C13H15N3O/c1-16(12(17)13(10-14)6-7-13)9-5-11-4-2-3-8-15-11/h2-4,8H,5-7,9H2,1H3. The molecule has 4 heteroatoms. The van der Waals surface area contributed by atoms with Gasteiger partial charge in [-0.2, -0.15) is 5.26 Å². The highest BCUT2D eigenvalue weighted by Gasteiger charge is 2.51. The fraction of sp³-hybridized carbons (Fsp3) is 0.462. The molecular weight excluding hydrogens is 214 g/mol. The van der Waals surface area contributed by atoms with Crippen LogP contribution in [-0.4, -0.2) is 29.4 Å². The van der Waals surface area contributed by atoms with Crippen LogP contribution in [0.3, 0.4) is 0 Å². The lowest BCUT2D eigenvalue weighted by atomic mass is 10.1. The highest BCUT2D eigenvalue weighted by Crippen LogP contribution is 2.46. The van der Waals surface area contributed by atoms with E-state index in [0.29, 0.717) is 19.4 Å². The molecule has 2 rings (SSSR count). The van der Waals surface area contributed by atoms with E-state index in [1.165, 1.54) is 0 Å². The van der Waals surface area contributed by atoms with Crippen LogP contribution in [-0.2, 0) is 11.2 Å². The molecule has 0 aromatic carbocycles. The minimum Gasteiger partial charge on any atom is -0.344 e. The van der Waals surface area contributed by atoms with Crippen molar-refractivity contribution in [1.82, 2.24) is 9.88 Å². The summed E-state index contributed by atoms with van der Waals surface area (Å²) in [5.74, 6) is -0.0454. The zero-order chi connectivity index (χ0) is 12.3. The lowest BCUT2D eigenvalue weighted by Crippen LogP contribution is -2.35. The summed E-state index contributed by atoms with van der Waals surface area (Å²) in [5.41, 5.74) is 0.257. The quantitative estimate of drug-likeness (QED) is 0.783. The molecule has 0 aliphatic heterocycles. The number of carbonyl (C=O) groups is 1. The maximum absolute atomic E-state index is 12.0. The lowest BCUT2D eigenvalue weighted by molar-refractivity contribution is -0.133. The monoisotopic (exact) mass is 229 g/mol. The van der Waals surface area contributed by atoms with Crippen LogP contribution in [0.5, 0.6) is 0 Å². The fourth-order valence-corrected chi connectivity index (χ4v) is 1.79. The predicted molar refractivity (Wildman–Crippen MR) is 62.9 cm³/mol. The fourth-order valence-electron chi connectivity index (χ4n) is 1.79. The molecule has 0 N–H and O–H groups in total. The van der Waals surface area contributed by atoms with E-state index in [9.17, 15) is 4.79 Å². The summed E-state index contributed by atoms with van der Waals surface area (Å²) in [4.78, 5) is 17.8. The molecule has 1 aromatic heterocycles. The number of aromatic nitrogens is 1. The Hall–Kier alpha value is -1.89. The molecule has 0 unspecified atom stereocenters. The molecule has 0 atom stereocenters. The van der Waals surface area contributed by atoms with Gasteiger partial charge < -0.3 is 4.90 Å². The zero-order valence-corrected chi connectivity index (χ0v) is 9.89. The molecule has 1 heterocycles. The highest BCUT2D eigenvalue weighted by molar-refractivity contribution is 5.88. The average molecular weight is 229 g/mol. The van der Waals surface area contributed by atoms with Crippen LogP contribution < -0.4 is 0 Å². The summed E-state index contributed by atoms with van der Waals surface area (Å²) in [5, 5.41) is 8.95. The number of nitriles is 1. The van der Waals surface area contributed by atoms with Gasteiger partial charge in [0.1, 0.15) is 5.41 Å². The summed E-state index contributed by atoms with van der Waals surface area (Å²) < 4.78 is 0. The Morgan fingerprint density at radius 1 is 1.59 bits per heavy atom. The van der Waals surface area contributed by atoms with Crippen molar-refractivity contribution in [2.45, 2.75) is 19.3 Å². The third-order valence-electron chi connectivity index (χ3n) is 3.15. The Labute approximate surface area is 101 Å². The van der Waals surface area contributed by atoms with Gasteiger partial charge in [-0.1, -0.05) is 6.07 Å². The van der Waals surface area contributed by atoms with Crippen LogP contribution in [0.2, 0.25) is 0 Å². The van der Waals surface area contributed by atoms with Crippen molar-refractivity contribution in [1.29, 1.82) is 5.26 Å². The van der Waals surface area contributed by atoms with E-state index in [-0.39, 0.29) is 5.91 Å². The van der Waals surface area contributed by atoms with E-state index in [1.807, 2.05) is 18.2 Å². The summed E-state index contributed by atoms with van der Waals surface area (Å²) in [6.07, 6.45) is 3.88. The zero-order valence-electron chi connectivity index (χ0n) is 9.89. The number of hydrogen-bond donors (Lipinski definition) is 0. The molecule has 0 radical (unpaired) electrons. The predicted octanol–water partition coefficient (Wildman–Crippen LogP) is 1.39. The van der Waals surface area contributed by atoms with Crippen LogP contribution in [0, 0.1) is 16.7 Å². The van der Waals surface area contributed by atoms with Crippen molar-refractivity contribution in [3.05, 3.63) is 30.1 Å². The van der Waals surface area contributed by atoms with Gasteiger partial charge in [0.25, 0.3) is 0 Å². The first-order valence-electron chi connectivity index (χ1n) is 5.75. The van der Waals surface area contributed by atoms with Crippen molar-refractivity contribution in [3.8, 4) is 6.07 Å². The smallest absolute Gasteiger partial charge is 0.242 e. The number of rotatable bonds is 4. The number of nitrogens with zero attached hydrogens (tertiary/aromatic N) is 3. The molecule has 1 aliphatic carbocycles. The van der Waals surface area contributed by atoms with Gasteiger partial charge in [0, 0.05) is 31.9 Å². The Bertz CT molecular complexity index is 445. The van der Waals surface area contributed by atoms with Gasteiger partial charge in [-0.3, -0.25) is 9.78 Å². The van der Waals surface area contributed by atoms with Gasteiger partial charge in [0.15, 0.2) is 0 Å². The molecule has 0 saturated heterocycles. The van der Waals surface area contributed by atoms with Crippen molar-refractivity contribution in [2.24, 2.45) is 5.41 Å². The number of amides is 1. The van der Waals surface area contributed by atoms with Crippen molar-refractivity contribution >= 4 is 5.91 Å². The first kappa shape index (κ1) is 11.6. The van der Waals surface area contributed by atoms with E-state index in [4.69, 9.17) is 5.26 Å². The molecule has 1 saturated carbocycles. The van der Waals surface area contributed by atoms with Gasteiger partial charge in [-0.05, 0) is 25.0 Å². The van der Waals surface area contributed by atoms with Gasteiger partial charge in [0.05, 0.1) is 6.07 Å². The molecule has 88 valence electrons. The van der Waals surface area contributed by atoms with E-state index >= 15 is 0 Å². The minimum absolute atomic E-state index is 0.0454. The van der Waals surface area contributed by atoms with E-state index < -0.39 is 5.41 Å². The molecule has 1 aliphatic rings. The van der Waals surface area contributed by atoms with Crippen molar-refractivity contribution in [3.63, 3.8) is 0 Å². The largest absolute Gasteiger partial charge is 0.344 e. The molecule has 1 fully saturated rings. The lowest BCUT2D eigenvalue weighted by Gasteiger charge is -2.19.